The first-order valence-corrected chi connectivity index (χ1v) is 7.90. The summed E-state index contributed by atoms with van der Waals surface area (Å²) in [6, 6.07) is 0. The molecule has 7 heteroatoms. The summed E-state index contributed by atoms with van der Waals surface area (Å²) in [5.41, 5.74) is 7.94. The molecule has 3 N–H and O–H groups in total. The van der Waals surface area contributed by atoms with E-state index in [0.717, 1.165) is 23.4 Å². The van der Waals surface area contributed by atoms with E-state index in [0.29, 0.717) is 41.2 Å². The van der Waals surface area contributed by atoms with E-state index in [1.807, 2.05) is 6.92 Å². The van der Waals surface area contributed by atoms with Gasteiger partial charge in [0.1, 0.15) is 0 Å². The third-order valence-electron chi connectivity index (χ3n) is 3.51. The fourth-order valence-electron chi connectivity index (χ4n) is 2.30. The fraction of sp³-hybridized carbons (Fsp3) is 0.500. The van der Waals surface area contributed by atoms with Crippen LogP contribution in [-0.2, 0) is 6.54 Å². The lowest BCUT2D eigenvalue weighted by molar-refractivity contribution is 0.0993. The van der Waals surface area contributed by atoms with Crippen molar-refractivity contribution in [2.75, 3.05) is 11.1 Å². The van der Waals surface area contributed by atoms with Crippen LogP contribution in [0.25, 0.3) is 0 Å². The van der Waals surface area contributed by atoms with E-state index in [-0.39, 0.29) is 5.78 Å². The van der Waals surface area contributed by atoms with Gasteiger partial charge >= 0.3 is 0 Å². The predicted molar refractivity (Wildman–Crippen MR) is 81.7 cm³/mol. The normalized spacial score (nSPS) is 14.4. The molecule has 0 radical (unpaired) electrons. The Bertz CT molecular complexity index is 673. The van der Waals surface area contributed by atoms with Crippen LogP contribution >= 0.6 is 11.3 Å². The summed E-state index contributed by atoms with van der Waals surface area (Å²) < 4.78 is 5.09. The summed E-state index contributed by atoms with van der Waals surface area (Å²) in [5, 5.41) is 8.02. The van der Waals surface area contributed by atoms with E-state index in [1.165, 1.54) is 11.3 Å². The molecule has 1 aliphatic carbocycles. The number of carbonyl (C=O) groups is 1. The number of aromatic nitrogens is 2. The summed E-state index contributed by atoms with van der Waals surface area (Å²) in [6.07, 6.45) is 2.74. The first-order valence-electron chi connectivity index (χ1n) is 7.08. The Morgan fingerprint density at radius 1 is 1.52 bits per heavy atom. The van der Waals surface area contributed by atoms with Gasteiger partial charge in [0.25, 0.3) is 0 Å². The molecular weight excluding hydrogens is 288 g/mol. The largest absolute Gasteiger partial charge is 0.397 e. The molecule has 0 saturated heterocycles. The van der Waals surface area contributed by atoms with Gasteiger partial charge in [-0.2, -0.15) is 4.98 Å². The third kappa shape index (κ3) is 2.78. The van der Waals surface area contributed by atoms with Crippen molar-refractivity contribution in [3.8, 4) is 0 Å². The molecule has 1 aliphatic rings. The van der Waals surface area contributed by atoms with Gasteiger partial charge < -0.3 is 15.6 Å². The van der Waals surface area contributed by atoms with Crippen LogP contribution in [0, 0.1) is 6.92 Å². The van der Waals surface area contributed by atoms with Gasteiger partial charge in [0.2, 0.25) is 5.89 Å². The van der Waals surface area contributed by atoms with Crippen molar-refractivity contribution in [2.45, 2.75) is 45.6 Å². The number of ketones is 1. The Morgan fingerprint density at radius 3 is 2.86 bits per heavy atom. The number of hydrogen-bond donors (Lipinski definition) is 2. The van der Waals surface area contributed by atoms with Crippen molar-refractivity contribution < 1.29 is 9.32 Å². The molecule has 0 spiro atoms. The van der Waals surface area contributed by atoms with Gasteiger partial charge in [0.15, 0.2) is 11.6 Å². The van der Waals surface area contributed by atoms with Crippen LogP contribution in [0.3, 0.4) is 0 Å². The zero-order valence-corrected chi connectivity index (χ0v) is 12.9. The van der Waals surface area contributed by atoms with Crippen LogP contribution in [0.2, 0.25) is 0 Å². The number of nitrogens with one attached hydrogen (secondary N) is 1. The number of nitrogens with zero attached hydrogens (tertiary/aromatic N) is 2. The van der Waals surface area contributed by atoms with Gasteiger partial charge in [0, 0.05) is 12.0 Å². The van der Waals surface area contributed by atoms with Crippen LogP contribution in [0.15, 0.2) is 4.52 Å². The van der Waals surface area contributed by atoms with E-state index in [1.54, 1.807) is 6.92 Å². The second-order valence-electron chi connectivity index (χ2n) is 5.23. The van der Waals surface area contributed by atoms with Gasteiger partial charge in [-0.05, 0) is 25.7 Å². The zero-order valence-electron chi connectivity index (χ0n) is 12.1. The second-order valence-corrected chi connectivity index (χ2v) is 6.25. The molecule has 0 aliphatic heterocycles. The Hall–Kier alpha value is -1.89. The number of thiophene rings is 1. The molecule has 0 amide bonds. The molecule has 0 aromatic carbocycles. The van der Waals surface area contributed by atoms with E-state index in [4.69, 9.17) is 10.3 Å². The number of rotatable bonds is 6. The highest BCUT2D eigenvalue weighted by molar-refractivity contribution is 7.18. The number of nitrogen functional groups attached to an aromatic ring is 1. The highest BCUT2D eigenvalue weighted by Gasteiger charge is 2.32. The number of aryl methyl sites for hydroxylation is 1. The average Bonchev–Trinajstić information content (AvgIpc) is 3.13. The maximum atomic E-state index is 12.0. The number of anilines is 2. The quantitative estimate of drug-likeness (QED) is 0.796. The van der Waals surface area contributed by atoms with Gasteiger partial charge in [-0.3, -0.25) is 4.79 Å². The van der Waals surface area contributed by atoms with Crippen molar-refractivity contribution in [3.05, 3.63) is 22.2 Å². The lowest BCUT2D eigenvalue weighted by Crippen LogP contribution is -2.01. The van der Waals surface area contributed by atoms with E-state index in [9.17, 15) is 4.79 Å². The molecule has 21 heavy (non-hydrogen) atoms. The predicted octanol–water partition coefficient (Wildman–Crippen LogP) is 3.10. The Kier molecular flexibility index (Phi) is 3.67. The maximum Gasteiger partial charge on any atom is 0.245 e. The summed E-state index contributed by atoms with van der Waals surface area (Å²) in [5.74, 6) is 1.72. The standard InChI is InChI=1S/C14H18N4O2S/c1-3-9(19)13-12(15)11(8-4-5-8)14(21-13)16-6-10-17-7(2)18-20-10/h8,16H,3-6,15H2,1-2H3. The van der Waals surface area contributed by atoms with Gasteiger partial charge in [-0.25, -0.2) is 0 Å². The molecule has 2 aromatic heterocycles. The number of hydrogen-bond acceptors (Lipinski definition) is 7. The SMILES string of the molecule is CCC(=O)c1sc(NCc2nc(C)no2)c(C2CC2)c1N. The molecule has 112 valence electrons. The van der Waals surface area contributed by atoms with Gasteiger partial charge in [-0.15, -0.1) is 11.3 Å². The smallest absolute Gasteiger partial charge is 0.245 e. The van der Waals surface area contributed by atoms with Crippen molar-refractivity contribution in [3.63, 3.8) is 0 Å². The monoisotopic (exact) mass is 306 g/mol. The Balaban J connectivity index is 1.84. The van der Waals surface area contributed by atoms with E-state index in [2.05, 4.69) is 15.5 Å². The van der Waals surface area contributed by atoms with Crippen molar-refractivity contribution in [1.82, 2.24) is 10.1 Å². The summed E-state index contributed by atoms with van der Waals surface area (Å²) >= 11 is 1.44. The van der Waals surface area contributed by atoms with Crippen LogP contribution in [0.4, 0.5) is 10.7 Å². The molecule has 1 fully saturated rings. The minimum Gasteiger partial charge on any atom is -0.397 e. The van der Waals surface area contributed by atoms with Crippen molar-refractivity contribution >= 4 is 27.8 Å². The summed E-state index contributed by atoms with van der Waals surface area (Å²) in [7, 11) is 0. The number of Topliss-reactive ketones (excluding diaryl/α,β-unsaturated/α-hetero) is 1. The topological polar surface area (TPSA) is 94.0 Å². The molecular formula is C14H18N4O2S. The minimum atomic E-state index is 0.0982. The highest BCUT2D eigenvalue weighted by Crippen LogP contribution is 2.51. The maximum absolute atomic E-state index is 12.0. The molecule has 0 bridgehead atoms. The molecule has 1 saturated carbocycles. The highest BCUT2D eigenvalue weighted by atomic mass is 32.1. The van der Waals surface area contributed by atoms with Gasteiger partial charge in [0.05, 0.1) is 22.1 Å². The summed E-state index contributed by atoms with van der Waals surface area (Å²) in [4.78, 5) is 16.8. The summed E-state index contributed by atoms with van der Waals surface area (Å²) in [6.45, 7) is 4.08. The zero-order chi connectivity index (χ0) is 15.0. The molecule has 0 atom stereocenters. The molecule has 2 heterocycles. The lowest BCUT2D eigenvalue weighted by atomic mass is 10.1. The molecule has 6 nitrogen and oxygen atoms in total. The lowest BCUT2D eigenvalue weighted by Gasteiger charge is -2.04. The van der Waals surface area contributed by atoms with Crippen LogP contribution in [0.5, 0.6) is 0 Å². The first-order chi connectivity index (χ1) is 10.1. The van der Waals surface area contributed by atoms with Crippen LogP contribution in [0.1, 0.15) is 59.1 Å². The van der Waals surface area contributed by atoms with Crippen LogP contribution < -0.4 is 11.1 Å². The van der Waals surface area contributed by atoms with E-state index >= 15 is 0 Å². The van der Waals surface area contributed by atoms with Crippen molar-refractivity contribution in [1.29, 1.82) is 0 Å². The Labute approximate surface area is 126 Å². The average molecular weight is 306 g/mol. The Morgan fingerprint density at radius 2 is 2.29 bits per heavy atom. The third-order valence-corrected chi connectivity index (χ3v) is 4.73. The molecule has 2 aromatic rings. The fourth-order valence-corrected chi connectivity index (χ4v) is 3.51. The number of carbonyl (C=O) groups excluding carboxylic acids is 1. The minimum absolute atomic E-state index is 0.0982. The molecule has 0 unspecified atom stereocenters. The van der Waals surface area contributed by atoms with E-state index < -0.39 is 0 Å². The van der Waals surface area contributed by atoms with Crippen molar-refractivity contribution in [2.24, 2.45) is 0 Å². The van der Waals surface area contributed by atoms with Gasteiger partial charge in [-0.1, -0.05) is 12.1 Å². The molecule has 3 rings (SSSR count). The number of nitrogens with two attached hydrogens (primary N) is 1. The van der Waals surface area contributed by atoms with Crippen LogP contribution in [-0.4, -0.2) is 15.9 Å². The second kappa shape index (κ2) is 5.48. The first kappa shape index (κ1) is 14.1.